The third-order valence-electron chi connectivity index (χ3n) is 2.39. The second kappa shape index (κ2) is 5.37. The Morgan fingerprint density at radius 3 is 2.67 bits per heavy atom. The maximum Gasteiger partial charge on any atom is 0.323 e. The summed E-state index contributed by atoms with van der Waals surface area (Å²) in [6.45, 7) is -0.377. The molecule has 0 fully saturated rings. The zero-order valence-electron chi connectivity index (χ0n) is 9.30. The minimum absolute atomic E-state index is 0.235. The summed E-state index contributed by atoms with van der Waals surface area (Å²) in [4.78, 5) is 23.6. The molecule has 0 spiro atoms. The van der Waals surface area contributed by atoms with Crippen LogP contribution in [0.2, 0.25) is 0 Å². The van der Waals surface area contributed by atoms with E-state index in [1.165, 1.54) is 16.2 Å². The Hall–Kier alpha value is -1.59. The number of carboxylic acid groups (broad SMARTS) is 1. The van der Waals surface area contributed by atoms with Crippen LogP contribution in [-0.4, -0.2) is 29.4 Å². The van der Waals surface area contributed by atoms with Crippen molar-refractivity contribution < 1.29 is 14.7 Å². The normalized spacial score (nSPS) is 10.5. The summed E-state index contributed by atoms with van der Waals surface area (Å²) in [5.74, 6) is -1.71. The monoisotopic (exact) mass is 283 g/mol. The van der Waals surface area contributed by atoms with Gasteiger partial charge in [-0.3, -0.25) is 14.5 Å². The van der Waals surface area contributed by atoms with Gasteiger partial charge in [0.1, 0.15) is 12.4 Å². The number of carbonyl (C=O) groups is 2. The molecular formula is C12H10ClNO3S. The van der Waals surface area contributed by atoms with Gasteiger partial charge in [-0.05, 0) is 17.5 Å². The SMILES string of the molecule is O=C(O)CN(C(=O)CCl)c1cc2ccccc2s1. The summed E-state index contributed by atoms with van der Waals surface area (Å²) in [7, 11) is 0. The third-order valence-corrected chi connectivity index (χ3v) is 3.75. The number of rotatable bonds is 4. The summed E-state index contributed by atoms with van der Waals surface area (Å²) >= 11 is 6.87. The fourth-order valence-corrected chi connectivity index (χ4v) is 2.82. The molecule has 1 aromatic carbocycles. The van der Waals surface area contributed by atoms with Crippen LogP contribution in [0, 0.1) is 0 Å². The molecule has 18 heavy (non-hydrogen) atoms. The average molecular weight is 284 g/mol. The lowest BCUT2D eigenvalue weighted by Gasteiger charge is -2.17. The van der Waals surface area contributed by atoms with E-state index in [9.17, 15) is 9.59 Å². The fourth-order valence-electron chi connectivity index (χ4n) is 1.60. The summed E-state index contributed by atoms with van der Waals surface area (Å²) in [5, 5.41) is 10.4. The van der Waals surface area contributed by atoms with E-state index in [0.717, 1.165) is 10.1 Å². The number of halogens is 1. The van der Waals surface area contributed by atoms with E-state index < -0.39 is 11.9 Å². The molecular weight excluding hydrogens is 274 g/mol. The van der Waals surface area contributed by atoms with Gasteiger partial charge in [-0.25, -0.2) is 0 Å². The van der Waals surface area contributed by atoms with Crippen molar-refractivity contribution in [3.05, 3.63) is 30.3 Å². The number of thiophene rings is 1. The Bertz CT molecular complexity index is 563. The number of fused-ring (bicyclic) bond motifs is 1. The number of aliphatic carboxylic acids is 1. The van der Waals surface area contributed by atoms with Gasteiger partial charge >= 0.3 is 5.97 Å². The van der Waals surface area contributed by atoms with Crippen LogP contribution in [0.3, 0.4) is 0 Å². The highest BCUT2D eigenvalue weighted by atomic mass is 35.5. The largest absolute Gasteiger partial charge is 0.480 e. The van der Waals surface area contributed by atoms with Gasteiger partial charge in [0.25, 0.3) is 0 Å². The van der Waals surface area contributed by atoms with Gasteiger partial charge in [-0.2, -0.15) is 0 Å². The molecule has 4 nitrogen and oxygen atoms in total. The van der Waals surface area contributed by atoms with Gasteiger partial charge in [0.05, 0.1) is 5.00 Å². The van der Waals surface area contributed by atoms with E-state index in [-0.39, 0.29) is 12.4 Å². The smallest absolute Gasteiger partial charge is 0.323 e. The fraction of sp³-hybridized carbons (Fsp3) is 0.167. The van der Waals surface area contributed by atoms with Gasteiger partial charge in [-0.1, -0.05) is 18.2 Å². The number of carbonyl (C=O) groups excluding carboxylic acids is 1. The number of amides is 1. The van der Waals surface area contributed by atoms with Gasteiger partial charge in [0.15, 0.2) is 0 Å². The molecule has 0 aliphatic heterocycles. The molecule has 0 unspecified atom stereocenters. The predicted octanol–water partition coefficient (Wildman–Crippen LogP) is 2.56. The minimum atomic E-state index is -1.06. The molecule has 0 aliphatic rings. The van der Waals surface area contributed by atoms with Crippen molar-refractivity contribution in [3.8, 4) is 0 Å². The molecule has 0 bridgehead atoms. The van der Waals surface area contributed by atoms with Crippen LogP contribution in [0.25, 0.3) is 10.1 Å². The molecule has 2 rings (SSSR count). The van der Waals surface area contributed by atoms with E-state index in [2.05, 4.69) is 0 Å². The van der Waals surface area contributed by atoms with Crippen LogP contribution in [0.15, 0.2) is 30.3 Å². The molecule has 0 radical (unpaired) electrons. The van der Waals surface area contributed by atoms with Crippen LogP contribution in [-0.2, 0) is 9.59 Å². The second-order valence-corrected chi connectivity index (χ2v) is 4.96. The topological polar surface area (TPSA) is 57.6 Å². The molecule has 1 aromatic heterocycles. The molecule has 0 atom stereocenters. The van der Waals surface area contributed by atoms with E-state index >= 15 is 0 Å². The number of benzene rings is 1. The Morgan fingerprint density at radius 1 is 1.33 bits per heavy atom. The Morgan fingerprint density at radius 2 is 2.06 bits per heavy atom. The van der Waals surface area contributed by atoms with E-state index in [4.69, 9.17) is 16.7 Å². The van der Waals surface area contributed by atoms with Crippen molar-refractivity contribution in [1.29, 1.82) is 0 Å². The molecule has 2 aromatic rings. The molecule has 1 heterocycles. The molecule has 1 amide bonds. The van der Waals surface area contributed by atoms with Crippen LogP contribution in [0.4, 0.5) is 5.00 Å². The van der Waals surface area contributed by atoms with Crippen LogP contribution in [0.5, 0.6) is 0 Å². The number of carboxylic acids is 1. The van der Waals surface area contributed by atoms with Gasteiger partial charge < -0.3 is 5.11 Å². The van der Waals surface area contributed by atoms with Gasteiger partial charge in [0.2, 0.25) is 5.91 Å². The highest BCUT2D eigenvalue weighted by Gasteiger charge is 2.19. The number of alkyl halides is 1. The average Bonchev–Trinajstić information content (AvgIpc) is 2.78. The van der Waals surface area contributed by atoms with Crippen molar-refractivity contribution >= 4 is 49.9 Å². The number of anilines is 1. The third kappa shape index (κ3) is 2.63. The molecule has 0 aliphatic carbocycles. The summed E-state index contributed by atoms with van der Waals surface area (Å²) in [6.07, 6.45) is 0. The van der Waals surface area contributed by atoms with Crippen molar-refractivity contribution in [1.82, 2.24) is 0 Å². The first-order valence-corrected chi connectivity index (χ1v) is 6.53. The van der Waals surface area contributed by atoms with Crippen LogP contribution < -0.4 is 4.90 Å². The minimum Gasteiger partial charge on any atom is -0.480 e. The summed E-state index contributed by atoms with van der Waals surface area (Å²) in [6, 6.07) is 9.43. The van der Waals surface area contributed by atoms with E-state index in [1.807, 2.05) is 24.3 Å². The van der Waals surface area contributed by atoms with Crippen molar-refractivity contribution in [2.75, 3.05) is 17.3 Å². The maximum absolute atomic E-state index is 11.7. The number of nitrogens with zero attached hydrogens (tertiary/aromatic N) is 1. The Labute approximate surface area is 112 Å². The van der Waals surface area contributed by atoms with Gasteiger partial charge in [0, 0.05) is 4.70 Å². The molecule has 94 valence electrons. The van der Waals surface area contributed by atoms with Crippen molar-refractivity contribution in [3.63, 3.8) is 0 Å². The summed E-state index contributed by atoms with van der Waals surface area (Å²) in [5.41, 5.74) is 0. The first-order valence-electron chi connectivity index (χ1n) is 5.18. The van der Waals surface area contributed by atoms with Gasteiger partial charge in [-0.15, -0.1) is 22.9 Å². The maximum atomic E-state index is 11.7. The Kier molecular flexibility index (Phi) is 3.84. The van der Waals surface area contributed by atoms with Crippen LogP contribution >= 0.6 is 22.9 Å². The highest BCUT2D eigenvalue weighted by Crippen LogP contribution is 2.32. The van der Waals surface area contributed by atoms with Crippen LogP contribution in [0.1, 0.15) is 0 Å². The zero-order chi connectivity index (χ0) is 13.1. The quantitative estimate of drug-likeness (QED) is 0.878. The zero-order valence-corrected chi connectivity index (χ0v) is 10.9. The molecule has 6 heteroatoms. The van der Waals surface area contributed by atoms with Crippen molar-refractivity contribution in [2.45, 2.75) is 0 Å². The Balaban J connectivity index is 2.40. The molecule has 0 saturated heterocycles. The lowest BCUT2D eigenvalue weighted by Crippen LogP contribution is -2.35. The first kappa shape index (κ1) is 12.9. The highest BCUT2D eigenvalue weighted by molar-refractivity contribution is 7.23. The first-order chi connectivity index (χ1) is 8.61. The van der Waals surface area contributed by atoms with E-state index in [1.54, 1.807) is 6.07 Å². The number of hydrogen-bond acceptors (Lipinski definition) is 3. The molecule has 0 saturated carbocycles. The second-order valence-electron chi connectivity index (χ2n) is 3.63. The number of hydrogen-bond donors (Lipinski definition) is 1. The van der Waals surface area contributed by atoms with E-state index in [0.29, 0.717) is 5.00 Å². The standard InChI is InChI=1S/C12H10ClNO3S/c13-6-10(15)14(7-12(16)17)11-5-8-3-1-2-4-9(8)18-11/h1-5H,6-7H2,(H,16,17). The molecule has 1 N–H and O–H groups in total. The predicted molar refractivity (Wildman–Crippen MR) is 72.5 cm³/mol. The lowest BCUT2D eigenvalue weighted by atomic mass is 10.3. The lowest BCUT2D eigenvalue weighted by molar-refractivity contribution is -0.136. The van der Waals surface area contributed by atoms with Crippen molar-refractivity contribution in [2.24, 2.45) is 0 Å². The summed E-state index contributed by atoms with van der Waals surface area (Å²) < 4.78 is 1.00.